The first-order valence-electron chi connectivity index (χ1n) is 5.70. The first kappa shape index (κ1) is 14.0. The van der Waals surface area contributed by atoms with E-state index >= 15 is 0 Å². The number of ketones is 1. The Morgan fingerprint density at radius 2 is 1.90 bits per heavy atom. The van der Waals surface area contributed by atoms with E-state index in [0.29, 0.717) is 10.8 Å². The summed E-state index contributed by atoms with van der Waals surface area (Å²) >= 11 is 5.83. The van der Waals surface area contributed by atoms with Crippen LogP contribution in [0.2, 0.25) is 5.02 Å². The summed E-state index contributed by atoms with van der Waals surface area (Å²) in [5, 5.41) is 11.5. The molecule has 20 heavy (non-hydrogen) atoms. The molecule has 0 amide bonds. The minimum atomic E-state index is -0.610. The Hall–Kier alpha value is -2.40. The molecular formula is C14H10ClNO4. The molecule has 102 valence electrons. The summed E-state index contributed by atoms with van der Waals surface area (Å²) < 4.78 is 5.48. The number of hydrogen-bond acceptors (Lipinski definition) is 4. The first-order chi connectivity index (χ1) is 9.47. The number of carbonyl (C=O) groups is 1. The van der Waals surface area contributed by atoms with Crippen LogP contribution in [0.25, 0.3) is 0 Å². The molecule has 0 atom stereocenters. The van der Waals surface area contributed by atoms with Crippen LogP contribution in [0, 0.1) is 10.1 Å². The Labute approximate surface area is 119 Å². The Morgan fingerprint density at radius 1 is 1.20 bits per heavy atom. The minimum Gasteiger partial charge on any atom is -0.457 e. The summed E-state index contributed by atoms with van der Waals surface area (Å²) in [4.78, 5) is 21.7. The molecule has 5 nitrogen and oxygen atoms in total. The van der Waals surface area contributed by atoms with Crippen molar-refractivity contribution >= 4 is 23.1 Å². The van der Waals surface area contributed by atoms with Gasteiger partial charge in [-0.3, -0.25) is 14.9 Å². The first-order valence-corrected chi connectivity index (χ1v) is 6.08. The average molecular weight is 292 g/mol. The molecule has 0 aliphatic heterocycles. The van der Waals surface area contributed by atoms with Crippen molar-refractivity contribution in [2.24, 2.45) is 0 Å². The van der Waals surface area contributed by atoms with Crippen LogP contribution in [-0.2, 0) is 0 Å². The van der Waals surface area contributed by atoms with Crippen molar-refractivity contribution in [1.82, 2.24) is 0 Å². The summed E-state index contributed by atoms with van der Waals surface area (Å²) in [7, 11) is 0. The van der Waals surface area contributed by atoms with Crippen molar-refractivity contribution in [3.8, 4) is 11.5 Å². The maximum absolute atomic E-state index is 11.3. The SMILES string of the molecule is CC(=O)c1ccc(Oc2cccc(Cl)c2)cc1[N+](=O)[O-]. The van der Waals surface area contributed by atoms with Crippen LogP contribution in [0.3, 0.4) is 0 Å². The number of halogens is 1. The van der Waals surface area contributed by atoms with Crippen molar-refractivity contribution in [3.63, 3.8) is 0 Å². The van der Waals surface area contributed by atoms with Gasteiger partial charge in [0.05, 0.1) is 16.6 Å². The number of benzene rings is 2. The molecule has 0 N–H and O–H groups in total. The van der Waals surface area contributed by atoms with Gasteiger partial charge in [0.1, 0.15) is 11.5 Å². The third-order valence-electron chi connectivity index (χ3n) is 2.58. The van der Waals surface area contributed by atoms with Crippen molar-refractivity contribution < 1.29 is 14.5 Å². The van der Waals surface area contributed by atoms with Gasteiger partial charge >= 0.3 is 0 Å². The minimum absolute atomic E-state index is 0.0495. The highest BCUT2D eigenvalue weighted by Crippen LogP contribution is 2.29. The van der Waals surface area contributed by atoms with Crippen LogP contribution < -0.4 is 4.74 Å². The molecule has 0 saturated carbocycles. The number of hydrogen-bond donors (Lipinski definition) is 0. The summed E-state index contributed by atoms with van der Waals surface area (Å²) in [6, 6.07) is 10.8. The maximum atomic E-state index is 11.3. The van der Waals surface area contributed by atoms with Crippen LogP contribution in [-0.4, -0.2) is 10.7 Å². The van der Waals surface area contributed by atoms with Crippen molar-refractivity contribution in [2.45, 2.75) is 6.92 Å². The molecule has 2 aromatic carbocycles. The molecule has 0 aromatic heterocycles. The molecule has 0 radical (unpaired) electrons. The van der Waals surface area contributed by atoms with Crippen LogP contribution in [0.1, 0.15) is 17.3 Å². The highest BCUT2D eigenvalue weighted by molar-refractivity contribution is 6.30. The monoisotopic (exact) mass is 291 g/mol. The van der Waals surface area contributed by atoms with E-state index in [0.717, 1.165) is 0 Å². The Kier molecular flexibility index (Phi) is 4.00. The van der Waals surface area contributed by atoms with Gasteiger partial charge in [0.15, 0.2) is 5.78 Å². The lowest BCUT2D eigenvalue weighted by Gasteiger charge is -2.07. The standard InChI is InChI=1S/C14H10ClNO4/c1-9(17)13-6-5-12(8-14(13)16(18)19)20-11-4-2-3-10(15)7-11/h2-8H,1H3. The van der Waals surface area contributed by atoms with Gasteiger partial charge in [0, 0.05) is 5.02 Å². The summed E-state index contributed by atoms with van der Waals surface area (Å²) in [6.07, 6.45) is 0. The molecule has 6 heteroatoms. The van der Waals surface area contributed by atoms with E-state index in [9.17, 15) is 14.9 Å². The number of nitro groups is 1. The second-order valence-corrected chi connectivity index (χ2v) is 4.49. The zero-order valence-corrected chi connectivity index (χ0v) is 11.3. The van der Waals surface area contributed by atoms with Crippen molar-refractivity contribution in [1.29, 1.82) is 0 Å². The number of carbonyl (C=O) groups excluding carboxylic acids is 1. The lowest BCUT2D eigenvalue weighted by atomic mass is 10.1. The quantitative estimate of drug-likeness (QED) is 0.480. The molecular weight excluding hydrogens is 282 g/mol. The predicted octanol–water partition coefficient (Wildman–Crippen LogP) is 4.24. The van der Waals surface area contributed by atoms with E-state index < -0.39 is 4.92 Å². The molecule has 0 unspecified atom stereocenters. The highest BCUT2D eigenvalue weighted by Gasteiger charge is 2.18. The third-order valence-corrected chi connectivity index (χ3v) is 2.81. The van der Waals surface area contributed by atoms with E-state index in [1.165, 1.54) is 25.1 Å². The Morgan fingerprint density at radius 3 is 2.50 bits per heavy atom. The van der Waals surface area contributed by atoms with Gasteiger partial charge in [-0.25, -0.2) is 0 Å². The van der Waals surface area contributed by atoms with E-state index in [-0.39, 0.29) is 22.8 Å². The molecule has 0 heterocycles. The summed E-state index contributed by atoms with van der Waals surface area (Å²) in [6.45, 7) is 1.28. The van der Waals surface area contributed by atoms with Gasteiger partial charge in [0.25, 0.3) is 5.69 Å². The topological polar surface area (TPSA) is 69.4 Å². The largest absolute Gasteiger partial charge is 0.457 e. The summed E-state index contributed by atoms with van der Waals surface area (Å²) in [5.74, 6) is 0.359. The second kappa shape index (κ2) is 5.71. The average Bonchev–Trinajstić information content (AvgIpc) is 2.38. The van der Waals surface area contributed by atoms with Gasteiger partial charge in [-0.1, -0.05) is 17.7 Å². The van der Waals surface area contributed by atoms with Gasteiger partial charge in [-0.05, 0) is 37.3 Å². The van der Waals surface area contributed by atoms with Gasteiger partial charge < -0.3 is 4.74 Å². The lowest BCUT2D eigenvalue weighted by Crippen LogP contribution is -2.00. The van der Waals surface area contributed by atoms with E-state index in [1.54, 1.807) is 24.3 Å². The zero-order valence-electron chi connectivity index (χ0n) is 10.5. The number of Topliss-reactive ketones (excluding diaryl/α,β-unsaturated/α-hetero) is 1. The summed E-state index contributed by atoms with van der Waals surface area (Å²) in [5.41, 5.74) is -0.231. The van der Waals surface area contributed by atoms with Crippen LogP contribution in [0.15, 0.2) is 42.5 Å². The second-order valence-electron chi connectivity index (χ2n) is 4.05. The van der Waals surface area contributed by atoms with Crippen molar-refractivity contribution in [3.05, 3.63) is 63.2 Å². The smallest absolute Gasteiger partial charge is 0.283 e. The van der Waals surface area contributed by atoms with E-state index in [4.69, 9.17) is 16.3 Å². The molecule has 0 fully saturated rings. The fourth-order valence-corrected chi connectivity index (χ4v) is 1.87. The van der Waals surface area contributed by atoms with Crippen LogP contribution in [0.4, 0.5) is 5.69 Å². The molecule has 0 aliphatic carbocycles. The number of nitro benzene ring substituents is 1. The Bertz CT molecular complexity index is 685. The molecule has 2 aromatic rings. The molecule has 0 saturated heterocycles. The predicted molar refractivity (Wildman–Crippen MR) is 74.6 cm³/mol. The third kappa shape index (κ3) is 3.13. The lowest BCUT2D eigenvalue weighted by molar-refractivity contribution is -0.385. The highest BCUT2D eigenvalue weighted by atomic mass is 35.5. The maximum Gasteiger partial charge on any atom is 0.283 e. The fourth-order valence-electron chi connectivity index (χ4n) is 1.69. The Balaban J connectivity index is 2.36. The van der Waals surface area contributed by atoms with Crippen LogP contribution >= 0.6 is 11.6 Å². The van der Waals surface area contributed by atoms with Crippen molar-refractivity contribution in [2.75, 3.05) is 0 Å². The molecule has 0 bridgehead atoms. The normalized spacial score (nSPS) is 10.1. The van der Waals surface area contributed by atoms with Gasteiger partial charge in [0.2, 0.25) is 0 Å². The fraction of sp³-hybridized carbons (Fsp3) is 0.0714. The molecule has 0 aliphatic rings. The molecule has 2 rings (SSSR count). The number of nitrogens with zero attached hydrogens (tertiary/aromatic N) is 1. The van der Waals surface area contributed by atoms with E-state index in [2.05, 4.69) is 0 Å². The molecule has 0 spiro atoms. The van der Waals surface area contributed by atoms with E-state index in [1.807, 2.05) is 0 Å². The van der Waals surface area contributed by atoms with Gasteiger partial charge in [-0.15, -0.1) is 0 Å². The number of ether oxygens (including phenoxy) is 1. The van der Waals surface area contributed by atoms with Gasteiger partial charge in [-0.2, -0.15) is 0 Å². The zero-order chi connectivity index (χ0) is 14.7. The van der Waals surface area contributed by atoms with Crippen LogP contribution in [0.5, 0.6) is 11.5 Å². The number of rotatable bonds is 4.